The number of hydrogen-bond acceptors (Lipinski definition) is 3. The van der Waals surface area contributed by atoms with E-state index >= 15 is 0 Å². The zero-order chi connectivity index (χ0) is 17.9. The quantitative estimate of drug-likeness (QED) is 0.492. The number of anilines is 1. The normalized spacial score (nSPS) is 10.8. The molecule has 1 heterocycles. The number of nitrogens with zero attached hydrogens (tertiary/aromatic N) is 1. The summed E-state index contributed by atoms with van der Waals surface area (Å²) < 4.78 is 0. The SMILES string of the molecule is CSc1cccc(C(=O)Nc2cccc(-c3nc4ccccc4[nH]3)c2)c1. The number of carbonyl (C=O) groups is 1. The lowest BCUT2D eigenvalue weighted by atomic mass is 10.1. The van der Waals surface area contributed by atoms with Crippen molar-refractivity contribution in [2.75, 3.05) is 11.6 Å². The molecule has 0 unspecified atom stereocenters. The Morgan fingerprint density at radius 3 is 2.69 bits per heavy atom. The average molecular weight is 359 g/mol. The Morgan fingerprint density at radius 2 is 1.85 bits per heavy atom. The fourth-order valence-electron chi connectivity index (χ4n) is 2.80. The van der Waals surface area contributed by atoms with Crippen LogP contribution in [-0.4, -0.2) is 22.1 Å². The molecule has 26 heavy (non-hydrogen) atoms. The highest BCUT2D eigenvalue weighted by Gasteiger charge is 2.09. The van der Waals surface area contributed by atoms with Gasteiger partial charge in [0.05, 0.1) is 11.0 Å². The van der Waals surface area contributed by atoms with E-state index in [1.807, 2.05) is 79.1 Å². The summed E-state index contributed by atoms with van der Waals surface area (Å²) in [5.74, 6) is 0.661. The standard InChI is InChI=1S/C21H17N3OS/c1-26-17-9-5-7-15(13-17)21(25)22-16-8-4-6-14(12-16)20-23-18-10-2-3-11-19(18)24-20/h2-13H,1H3,(H,22,25)(H,23,24). The molecule has 3 aromatic carbocycles. The first kappa shape index (κ1) is 16.4. The second-order valence-electron chi connectivity index (χ2n) is 5.87. The first-order valence-corrected chi connectivity index (χ1v) is 9.46. The van der Waals surface area contributed by atoms with Gasteiger partial charge in [-0.1, -0.05) is 30.3 Å². The molecular formula is C21H17N3OS. The van der Waals surface area contributed by atoms with Crippen molar-refractivity contribution in [3.8, 4) is 11.4 Å². The molecule has 4 rings (SSSR count). The van der Waals surface area contributed by atoms with Gasteiger partial charge in [-0.15, -0.1) is 11.8 Å². The molecule has 0 saturated heterocycles. The number of thioether (sulfide) groups is 1. The van der Waals surface area contributed by atoms with Crippen molar-refractivity contribution < 1.29 is 4.79 Å². The number of fused-ring (bicyclic) bond motifs is 1. The van der Waals surface area contributed by atoms with E-state index in [0.717, 1.165) is 33.0 Å². The van der Waals surface area contributed by atoms with E-state index in [4.69, 9.17) is 0 Å². The lowest BCUT2D eigenvalue weighted by Crippen LogP contribution is -2.11. The van der Waals surface area contributed by atoms with Crippen LogP contribution in [0, 0.1) is 0 Å². The Morgan fingerprint density at radius 1 is 1.00 bits per heavy atom. The number of rotatable bonds is 4. The molecule has 5 heteroatoms. The lowest BCUT2D eigenvalue weighted by Gasteiger charge is -2.07. The van der Waals surface area contributed by atoms with Crippen LogP contribution < -0.4 is 5.32 Å². The molecule has 2 N–H and O–H groups in total. The molecule has 0 aliphatic rings. The fourth-order valence-corrected chi connectivity index (χ4v) is 3.26. The maximum Gasteiger partial charge on any atom is 0.255 e. The Bertz CT molecular complexity index is 1050. The minimum atomic E-state index is -0.123. The van der Waals surface area contributed by atoms with Crippen molar-refractivity contribution in [1.29, 1.82) is 0 Å². The summed E-state index contributed by atoms with van der Waals surface area (Å²) in [6.07, 6.45) is 1.99. The third kappa shape index (κ3) is 3.34. The van der Waals surface area contributed by atoms with Crippen molar-refractivity contribution in [2.24, 2.45) is 0 Å². The predicted molar refractivity (Wildman–Crippen MR) is 108 cm³/mol. The van der Waals surface area contributed by atoms with Crippen LogP contribution in [-0.2, 0) is 0 Å². The van der Waals surface area contributed by atoms with Gasteiger partial charge in [0, 0.05) is 21.7 Å². The number of hydrogen-bond donors (Lipinski definition) is 2. The Hall–Kier alpha value is -3.05. The predicted octanol–water partition coefficient (Wildman–Crippen LogP) is 5.20. The number of aromatic nitrogens is 2. The number of carbonyl (C=O) groups excluding carboxylic acids is 1. The van der Waals surface area contributed by atoms with Crippen LogP contribution in [0.15, 0.2) is 77.7 Å². The highest BCUT2D eigenvalue weighted by atomic mass is 32.2. The number of imidazole rings is 1. The minimum Gasteiger partial charge on any atom is -0.338 e. The number of H-pyrrole nitrogens is 1. The van der Waals surface area contributed by atoms with Crippen LogP contribution in [0.4, 0.5) is 5.69 Å². The number of aromatic amines is 1. The van der Waals surface area contributed by atoms with Crippen LogP contribution in [0.5, 0.6) is 0 Å². The molecule has 128 valence electrons. The molecule has 0 aliphatic heterocycles. The molecule has 1 amide bonds. The number of benzene rings is 3. The third-order valence-corrected chi connectivity index (χ3v) is 4.84. The van der Waals surface area contributed by atoms with Gasteiger partial charge in [0.2, 0.25) is 0 Å². The van der Waals surface area contributed by atoms with Gasteiger partial charge >= 0.3 is 0 Å². The number of amides is 1. The van der Waals surface area contributed by atoms with Crippen molar-refractivity contribution in [3.63, 3.8) is 0 Å². The Labute approximate surface area is 155 Å². The molecule has 4 nitrogen and oxygen atoms in total. The molecule has 0 atom stereocenters. The summed E-state index contributed by atoms with van der Waals surface area (Å²) in [6.45, 7) is 0. The minimum absolute atomic E-state index is 0.123. The summed E-state index contributed by atoms with van der Waals surface area (Å²) in [4.78, 5) is 21.5. The van der Waals surface area contributed by atoms with Gasteiger partial charge in [0.15, 0.2) is 0 Å². The number of para-hydroxylation sites is 2. The van der Waals surface area contributed by atoms with E-state index in [0.29, 0.717) is 5.56 Å². The largest absolute Gasteiger partial charge is 0.338 e. The van der Waals surface area contributed by atoms with Gasteiger partial charge in [0.1, 0.15) is 5.82 Å². The number of nitrogens with one attached hydrogen (secondary N) is 2. The van der Waals surface area contributed by atoms with Gasteiger partial charge in [-0.05, 0) is 48.7 Å². The zero-order valence-electron chi connectivity index (χ0n) is 14.2. The molecule has 0 saturated carbocycles. The summed E-state index contributed by atoms with van der Waals surface area (Å²) in [5.41, 5.74) is 4.22. The van der Waals surface area contributed by atoms with E-state index < -0.39 is 0 Å². The van der Waals surface area contributed by atoms with Crippen molar-refractivity contribution >= 4 is 34.4 Å². The van der Waals surface area contributed by atoms with Crippen LogP contribution in [0.2, 0.25) is 0 Å². The molecular weight excluding hydrogens is 342 g/mol. The summed E-state index contributed by atoms with van der Waals surface area (Å²) in [6, 6.07) is 23.2. The van der Waals surface area contributed by atoms with Crippen LogP contribution in [0.1, 0.15) is 10.4 Å². The molecule has 0 radical (unpaired) electrons. The van der Waals surface area contributed by atoms with E-state index in [1.54, 1.807) is 11.8 Å². The smallest absolute Gasteiger partial charge is 0.255 e. The third-order valence-electron chi connectivity index (χ3n) is 4.12. The maximum absolute atomic E-state index is 12.5. The highest BCUT2D eigenvalue weighted by molar-refractivity contribution is 7.98. The van der Waals surface area contributed by atoms with Gasteiger partial charge in [-0.2, -0.15) is 0 Å². The van der Waals surface area contributed by atoms with Crippen LogP contribution in [0.3, 0.4) is 0 Å². The van der Waals surface area contributed by atoms with E-state index in [-0.39, 0.29) is 5.91 Å². The topological polar surface area (TPSA) is 57.8 Å². The molecule has 1 aromatic heterocycles. The molecule has 0 fully saturated rings. The first-order valence-electron chi connectivity index (χ1n) is 8.23. The summed E-state index contributed by atoms with van der Waals surface area (Å²) in [7, 11) is 0. The highest BCUT2D eigenvalue weighted by Crippen LogP contribution is 2.23. The second-order valence-corrected chi connectivity index (χ2v) is 6.75. The zero-order valence-corrected chi connectivity index (χ0v) is 15.0. The van der Waals surface area contributed by atoms with Gasteiger partial charge in [-0.25, -0.2) is 4.98 Å². The molecule has 0 spiro atoms. The first-order chi connectivity index (χ1) is 12.7. The van der Waals surface area contributed by atoms with Gasteiger partial charge < -0.3 is 10.3 Å². The van der Waals surface area contributed by atoms with Gasteiger partial charge in [-0.3, -0.25) is 4.79 Å². The van der Waals surface area contributed by atoms with Crippen molar-refractivity contribution in [3.05, 3.63) is 78.4 Å². The second kappa shape index (κ2) is 7.06. The maximum atomic E-state index is 12.5. The van der Waals surface area contributed by atoms with E-state index in [1.165, 1.54) is 0 Å². The van der Waals surface area contributed by atoms with Gasteiger partial charge in [0.25, 0.3) is 5.91 Å². The van der Waals surface area contributed by atoms with Crippen molar-refractivity contribution in [2.45, 2.75) is 4.90 Å². The lowest BCUT2D eigenvalue weighted by molar-refractivity contribution is 0.102. The average Bonchev–Trinajstić information content (AvgIpc) is 3.12. The molecule has 4 aromatic rings. The molecule has 0 bridgehead atoms. The fraction of sp³-hybridized carbons (Fsp3) is 0.0476. The molecule has 0 aliphatic carbocycles. The van der Waals surface area contributed by atoms with E-state index in [2.05, 4.69) is 15.3 Å². The van der Waals surface area contributed by atoms with E-state index in [9.17, 15) is 4.79 Å². The monoisotopic (exact) mass is 359 g/mol. The van der Waals surface area contributed by atoms with Crippen molar-refractivity contribution in [1.82, 2.24) is 9.97 Å². The Kier molecular flexibility index (Phi) is 4.46. The Balaban J connectivity index is 1.60. The van der Waals surface area contributed by atoms with Crippen LogP contribution >= 0.6 is 11.8 Å². The van der Waals surface area contributed by atoms with Crippen LogP contribution in [0.25, 0.3) is 22.4 Å². The summed E-state index contributed by atoms with van der Waals surface area (Å²) >= 11 is 1.62. The summed E-state index contributed by atoms with van der Waals surface area (Å²) in [5, 5.41) is 2.96.